The third kappa shape index (κ3) is 5.32. The minimum Gasteiger partial charge on any atom is -0.399 e. The molecule has 2 atom stereocenters. The molecule has 0 heterocycles. The monoisotopic (exact) mass is 354 g/mol. The molecule has 0 unspecified atom stereocenters. The lowest BCUT2D eigenvalue weighted by Crippen LogP contribution is -2.48. The molecule has 138 valence electrons. The zero-order chi connectivity index (χ0) is 18.9. The molecule has 2 amide bonds. The van der Waals surface area contributed by atoms with Gasteiger partial charge in [-0.05, 0) is 43.2 Å². The molecule has 0 aliphatic heterocycles. The number of anilines is 2. The highest BCUT2D eigenvalue weighted by Crippen LogP contribution is 2.16. The van der Waals surface area contributed by atoms with Crippen molar-refractivity contribution in [2.75, 3.05) is 10.6 Å². The number of hydrogen-bond acceptors (Lipinski definition) is 4. The van der Waals surface area contributed by atoms with Crippen molar-refractivity contribution in [2.45, 2.75) is 39.0 Å². The second-order valence-corrected chi connectivity index (χ2v) is 6.06. The summed E-state index contributed by atoms with van der Waals surface area (Å²) in [5, 5.41) is 10.5. The van der Waals surface area contributed by atoms with E-state index in [0.717, 1.165) is 18.3 Å². The molecule has 2 aromatic rings. The van der Waals surface area contributed by atoms with Gasteiger partial charge in [-0.1, -0.05) is 37.3 Å². The molecular weight excluding hydrogens is 328 g/mol. The second kappa shape index (κ2) is 9.58. The van der Waals surface area contributed by atoms with Crippen molar-refractivity contribution in [2.24, 2.45) is 0 Å². The summed E-state index contributed by atoms with van der Waals surface area (Å²) in [6, 6.07) is 16.2. The van der Waals surface area contributed by atoms with Crippen molar-refractivity contribution >= 4 is 23.7 Å². The maximum Gasteiger partial charge on any atom is 0.327 e. The molecule has 0 spiro atoms. The predicted octanol–water partition coefficient (Wildman–Crippen LogP) is 3.78. The van der Waals surface area contributed by atoms with Gasteiger partial charge in [-0.3, -0.25) is 10.3 Å². The Morgan fingerprint density at radius 1 is 1.23 bits per heavy atom. The predicted molar refractivity (Wildman–Crippen MR) is 105 cm³/mol. The fourth-order valence-corrected chi connectivity index (χ4v) is 2.58. The average molecular weight is 354 g/mol. The molecule has 6 nitrogen and oxygen atoms in total. The number of benzene rings is 2. The highest BCUT2D eigenvalue weighted by molar-refractivity contribution is 6.06. The zero-order valence-corrected chi connectivity index (χ0v) is 15.2. The second-order valence-electron chi connectivity index (χ2n) is 6.06. The topological polar surface area (TPSA) is 91.4 Å². The molecule has 4 N–H and O–H groups in total. The maximum absolute atomic E-state index is 12.6. The van der Waals surface area contributed by atoms with Gasteiger partial charge in [0.05, 0.1) is 30.8 Å². The molecule has 0 aliphatic rings. The molecule has 0 fully saturated rings. The van der Waals surface area contributed by atoms with E-state index in [4.69, 9.17) is 15.9 Å². The van der Waals surface area contributed by atoms with Gasteiger partial charge in [-0.15, -0.1) is 0 Å². The molecule has 0 aliphatic carbocycles. The van der Waals surface area contributed by atoms with Gasteiger partial charge >= 0.3 is 6.03 Å². The lowest BCUT2D eigenvalue weighted by atomic mass is 10.1. The number of nitrogens with two attached hydrogens (primary N) is 1. The fraction of sp³-hybridized carbons (Fsp3) is 0.300. The van der Waals surface area contributed by atoms with Gasteiger partial charge in [0, 0.05) is 5.69 Å². The number of ether oxygens (including phenoxy) is 1. The number of rotatable bonds is 8. The van der Waals surface area contributed by atoms with Crippen molar-refractivity contribution in [3.63, 3.8) is 0 Å². The number of amides is 2. The minimum absolute atomic E-state index is 0.164. The summed E-state index contributed by atoms with van der Waals surface area (Å²) in [7, 11) is 0. The molecule has 0 bridgehead atoms. The van der Waals surface area contributed by atoms with Crippen LogP contribution in [-0.2, 0) is 11.3 Å². The highest BCUT2D eigenvalue weighted by atomic mass is 16.5. The van der Waals surface area contributed by atoms with Crippen molar-refractivity contribution in [1.82, 2.24) is 5.32 Å². The zero-order valence-electron chi connectivity index (χ0n) is 15.2. The van der Waals surface area contributed by atoms with E-state index in [-0.39, 0.29) is 18.2 Å². The number of nitrogen functional groups attached to an aromatic ring is 1. The van der Waals surface area contributed by atoms with Gasteiger partial charge in [0.15, 0.2) is 0 Å². The summed E-state index contributed by atoms with van der Waals surface area (Å²) in [5.74, 6) is 0. The third-order valence-corrected chi connectivity index (χ3v) is 4.19. The Hall–Kier alpha value is -2.86. The number of carbonyl (C=O) groups excluding carboxylic acids is 1. The van der Waals surface area contributed by atoms with Crippen molar-refractivity contribution < 1.29 is 9.53 Å². The lowest BCUT2D eigenvalue weighted by molar-refractivity contribution is 0.0289. The number of nitrogens with one attached hydrogen (secondary N) is 2. The van der Waals surface area contributed by atoms with Gasteiger partial charge in [0.1, 0.15) is 0 Å². The third-order valence-electron chi connectivity index (χ3n) is 4.19. The van der Waals surface area contributed by atoms with E-state index in [1.54, 1.807) is 24.3 Å². The van der Waals surface area contributed by atoms with Crippen LogP contribution < -0.4 is 16.0 Å². The summed E-state index contributed by atoms with van der Waals surface area (Å²) in [5.41, 5.74) is 7.95. The van der Waals surface area contributed by atoms with E-state index in [9.17, 15) is 4.79 Å². The van der Waals surface area contributed by atoms with Gasteiger partial charge in [0.2, 0.25) is 0 Å². The largest absolute Gasteiger partial charge is 0.399 e. The van der Waals surface area contributed by atoms with Crippen LogP contribution in [0.25, 0.3) is 0 Å². The van der Waals surface area contributed by atoms with Crippen LogP contribution in [0, 0.1) is 5.41 Å². The van der Waals surface area contributed by atoms with E-state index in [1.807, 2.05) is 44.2 Å². The van der Waals surface area contributed by atoms with Crippen LogP contribution in [0.1, 0.15) is 25.8 Å². The minimum atomic E-state index is -0.369. The average Bonchev–Trinajstić information content (AvgIpc) is 2.67. The first-order chi connectivity index (χ1) is 12.5. The summed E-state index contributed by atoms with van der Waals surface area (Å²) < 4.78 is 5.91. The lowest BCUT2D eigenvalue weighted by Gasteiger charge is -2.27. The SMILES string of the molecule is CC[C@H](NC(=O)N(C=N)c1ccc(N)cc1)[C@H](C)OCc1ccccc1. The Labute approximate surface area is 154 Å². The van der Waals surface area contributed by atoms with Crippen LogP contribution in [0.5, 0.6) is 0 Å². The van der Waals surface area contributed by atoms with Gasteiger partial charge in [-0.2, -0.15) is 0 Å². The number of urea groups is 1. The molecule has 0 saturated carbocycles. The van der Waals surface area contributed by atoms with E-state index >= 15 is 0 Å². The summed E-state index contributed by atoms with van der Waals surface area (Å²) in [6.45, 7) is 4.42. The maximum atomic E-state index is 12.6. The first-order valence-electron chi connectivity index (χ1n) is 8.66. The van der Waals surface area contributed by atoms with Crippen molar-refractivity contribution in [3.8, 4) is 0 Å². The summed E-state index contributed by atoms with van der Waals surface area (Å²) in [4.78, 5) is 13.8. The standard InChI is InChI=1S/C20H26N4O2/c1-3-19(15(2)26-13-16-7-5-4-6-8-16)23-20(25)24(14-21)18-11-9-17(22)10-12-18/h4-12,14-15,19,21H,3,13,22H2,1-2H3,(H,23,25)/t15-,19-/m0/s1. The Kier molecular flexibility index (Phi) is 7.17. The Morgan fingerprint density at radius 3 is 2.46 bits per heavy atom. The van der Waals surface area contributed by atoms with E-state index in [0.29, 0.717) is 18.0 Å². The number of nitrogens with zero attached hydrogens (tertiary/aromatic N) is 1. The van der Waals surface area contributed by atoms with E-state index < -0.39 is 0 Å². The molecule has 26 heavy (non-hydrogen) atoms. The molecule has 0 radical (unpaired) electrons. The van der Waals surface area contributed by atoms with Crippen LogP contribution in [0.2, 0.25) is 0 Å². The van der Waals surface area contributed by atoms with Crippen LogP contribution in [0.4, 0.5) is 16.2 Å². The first kappa shape index (κ1) is 19.5. The molecule has 0 saturated heterocycles. The van der Waals surface area contributed by atoms with Gasteiger partial charge < -0.3 is 15.8 Å². The van der Waals surface area contributed by atoms with Crippen LogP contribution in [0.3, 0.4) is 0 Å². The Morgan fingerprint density at radius 2 is 1.88 bits per heavy atom. The van der Waals surface area contributed by atoms with Crippen molar-refractivity contribution in [1.29, 1.82) is 5.41 Å². The fourth-order valence-electron chi connectivity index (χ4n) is 2.58. The quantitative estimate of drug-likeness (QED) is 0.383. The highest BCUT2D eigenvalue weighted by Gasteiger charge is 2.22. The van der Waals surface area contributed by atoms with E-state index in [2.05, 4.69) is 5.32 Å². The van der Waals surface area contributed by atoms with Gasteiger partial charge in [-0.25, -0.2) is 4.79 Å². The smallest absolute Gasteiger partial charge is 0.327 e. The number of carbonyl (C=O) groups is 1. The Bertz CT molecular complexity index is 704. The van der Waals surface area contributed by atoms with Crippen LogP contribution >= 0.6 is 0 Å². The van der Waals surface area contributed by atoms with E-state index in [1.165, 1.54) is 4.90 Å². The summed E-state index contributed by atoms with van der Waals surface area (Å²) in [6.07, 6.45) is 1.54. The Balaban J connectivity index is 1.97. The van der Waals surface area contributed by atoms with Crippen LogP contribution in [0.15, 0.2) is 54.6 Å². The molecular formula is C20H26N4O2. The number of hydrogen-bond donors (Lipinski definition) is 3. The summed E-state index contributed by atoms with van der Waals surface area (Å²) >= 11 is 0. The van der Waals surface area contributed by atoms with Gasteiger partial charge in [0.25, 0.3) is 0 Å². The molecule has 0 aromatic heterocycles. The normalized spacial score (nSPS) is 12.8. The molecule has 6 heteroatoms. The first-order valence-corrected chi connectivity index (χ1v) is 8.66. The molecule has 2 aromatic carbocycles. The molecule has 2 rings (SSSR count). The van der Waals surface area contributed by atoms with Crippen LogP contribution in [-0.4, -0.2) is 24.5 Å². The van der Waals surface area contributed by atoms with Crippen molar-refractivity contribution in [3.05, 3.63) is 60.2 Å².